The van der Waals surface area contributed by atoms with Crippen LogP contribution < -0.4 is 10.6 Å². The fourth-order valence-electron chi connectivity index (χ4n) is 5.18. The topological polar surface area (TPSA) is 119 Å². The van der Waals surface area contributed by atoms with Gasteiger partial charge in [0.05, 0.1) is 6.04 Å². The van der Waals surface area contributed by atoms with E-state index < -0.39 is 35.4 Å². The molecule has 4 atom stereocenters. The first-order valence-corrected chi connectivity index (χ1v) is 13.6. The number of aromatic hydroxyl groups is 1. The molecule has 1 unspecified atom stereocenters. The van der Waals surface area contributed by atoms with E-state index in [0.29, 0.717) is 24.2 Å². The summed E-state index contributed by atoms with van der Waals surface area (Å²) in [5.74, 6) is -1.07. The number of aliphatic hydroxyl groups excluding tert-OH is 1. The Bertz CT molecular complexity index is 1190. The van der Waals surface area contributed by atoms with E-state index in [1.807, 2.05) is 65.0 Å². The van der Waals surface area contributed by atoms with Crippen LogP contribution in [-0.2, 0) is 16.0 Å². The number of phenols is 1. The van der Waals surface area contributed by atoms with Gasteiger partial charge in [-0.1, -0.05) is 65.0 Å². The molecule has 39 heavy (non-hydrogen) atoms. The molecule has 4 N–H and O–H groups in total. The van der Waals surface area contributed by atoms with Crippen LogP contribution in [0.25, 0.3) is 0 Å². The molecule has 0 saturated carbocycles. The van der Waals surface area contributed by atoms with Crippen molar-refractivity contribution in [2.75, 3.05) is 13.1 Å². The Kier molecular flexibility index (Phi) is 9.43. The quantitative estimate of drug-likeness (QED) is 0.391. The van der Waals surface area contributed by atoms with Crippen molar-refractivity contribution in [2.24, 2.45) is 17.3 Å². The van der Waals surface area contributed by atoms with Crippen LogP contribution in [0.1, 0.15) is 61.7 Å². The molecule has 0 spiro atoms. The Morgan fingerprint density at radius 2 is 1.74 bits per heavy atom. The highest BCUT2D eigenvalue weighted by Crippen LogP contribution is 2.41. The minimum atomic E-state index is -1.59. The van der Waals surface area contributed by atoms with Gasteiger partial charge in [-0.3, -0.25) is 14.4 Å². The molecule has 2 aromatic rings. The molecule has 0 aromatic heterocycles. The first-order valence-electron chi connectivity index (χ1n) is 13.6. The number of carbonyl (C=O) groups is 3. The van der Waals surface area contributed by atoms with Gasteiger partial charge in [-0.15, -0.1) is 0 Å². The molecule has 0 radical (unpaired) electrons. The zero-order valence-electron chi connectivity index (χ0n) is 24.1. The van der Waals surface area contributed by atoms with Crippen molar-refractivity contribution in [3.8, 4) is 5.75 Å². The Hall–Kier alpha value is -3.39. The first kappa shape index (κ1) is 30.2. The number of amides is 3. The van der Waals surface area contributed by atoms with Crippen molar-refractivity contribution in [2.45, 2.75) is 73.1 Å². The molecule has 8 heteroatoms. The number of aliphatic hydroxyl groups is 1. The molecule has 3 rings (SSSR count). The van der Waals surface area contributed by atoms with E-state index in [1.165, 1.54) is 4.90 Å². The summed E-state index contributed by atoms with van der Waals surface area (Å²) in [6.45, 7) is 14.2. The smallest absolute Gasteiger partial charge is 0.254 e. The highest BCUT2D eigenvalue weighted by atomic mass is 16.3. The fraction of sp³-hybridized carbons (Fsp3) is 0.516. The lowest BCUT2D eigenvalue weighted by Crippen LogP contribution is -2.58. The van der Waals surface area contributed by atoms with Crippen LogP contribution in [0, 0.1) is 31.1 Å². The Morgan fingerprint density at radius 3 is 2.36 bits per heavy atom. The van der Waals surface area contributed by atoms with Crippen LogP contribution in [0.15, 0.2) is 42.5 Å². The maximum absolute atomic E-state index is 13.9. The fourth-order valence-corrected chi connectivity index (χ4v) is 5.18. The summed E-state index contributed by atoms with van der Waals surface area (Å²) in [5, 5.41) is 27.5. The molecule has 1 aliphatic rings. The summed E-state index contributed by atoms with van der Waals surface area (Å²) in [6.07, 6.45) is -1.39. The first-order chi connectivity index (χ1) is 18.2. The number of aryl methyl sites for hydroxylation is 1. The third-order valence-electron chi connectivity index (χ3n) is 7.99. The van der Waals surface area contributed by atoms with Crippen molar-refractivity contribution in [3.63, 3.8) is 0 Å². The molecule has 2 aromatic carbocycles. The van der Waals surface area contributed by atoms with Crippen LogP contribution in [-0.4, -0.2) is 64.1 Å². The normalized spacial score (nSPS) is 20.0. The van der Waals surface area contributed by atoms with Gasteiger partial charge in [0.1, 0.15) is 11.8 Å². The maximum Gasteiger partial charge on any atom is 0.254 e. The van der Waals surface area contributed by atoms with Gasteiger partial charge in [0.25, 0.3) is 11.8 Å². The van der Waals surface area contributed by atoms with Gasteiger partial charge in [0.2, 0.25) is 5.91 Å². The molecule has 1 fully saturated rings. The minimum Gasteiger partial charge on any atom is -0.508 e. The molecule has 212 valence electrons. The lowest BCUT2D eigenvalue weighted by Gasteiger charge is -2.35. The summed E-state index contributed by atoms with van der Waals surface area (Å²) in [5.41, 5.74) is 1.72. The van der Waals surface area contributed by atoms with Crippen LogP contribution in [0.3, 0.4) is 0 Å². The van der Waals surface area contributed by atoms with Gasteiger partial charge in [0.15, 0.2) is 6.10 Å². The number of hydrogen-bond acceptors (Lipinski definition) is 5. The summed E-state index contributed by atoms with van der Waals surface area (Å²) < 4.78 is 0. The summed E-state index contributed by atoms with van der Waals surface area (Å²) >= 11 is 0. The number of rotatable bonds is 9. The van der Waals surface area contributed by atoms with E-state index >= 15 is 0 Å². The van der Waals surface area contributed by atoms with Crippen LogP contribution in [0.5, 0.6) is 5.75 Å². The van der Waals surface area contributed by atoms with Crippen molar-refractivity contribution in [1.82, 2.24) is 15.5 Å². The monoisotopic (exact) mass is 537 g/mol. The number of nitrogens with zero attached hydrogens (tertiary/aromatic N) is 1. The number of carbonyl (C=O) groups excluding carboxylic acids is 3. The second-order valence-corrected chi connectivity index (χ2v) is 11.9. The third-order valence-corrected chi connectivity index (χ3v) is 7.99. The average molecular weight is 538 g/mol. The second-order valence-electron chi connectivity index (χ2n) is 11.9. The SMILES string of the molecule is Cc1cc(O)c(C)c(C(=O)N[C@@H](Cc2ccccc2)[C@H](O)C(=O)N2C[C@H](C)C(C)(C)C2C(=O)NCC(C)C)c1. The molecule has 8 nitrogen and oxygen atoms in total. The van der Waals surface area contributed by atoms with Crippen molar-refractivity contribution >= 4 is 17.7 Å². The molecule has 0 bridgehead atoms. The summed E-state index contributed by atoms with van der Waals surface area (Å²) in [6, 6.07) is 10.8. The third kappa shape index (κ3) is 6.79. The van der Waals surface area contributed by atoms with Gasteiger partial charge in [-0.25, -0.2) is 0 Å². The van der Waals surface area contributed by atoms with Crippen molar-refractivity contribution < 1.29 is 24.6 Å². The van der Waals surface area contributed by atoms with Crippen molar-refractivity contribution in [1.29, 1.82) is 0 Å². The van der Waals surface area contributed by atoms with Gasteiger partial charge < -0.3 is 25.7 Å². The number of nitrogens with one attached hydrogen (secondary N) is 2. The second kappa shape index (κ2) is 12.2. The predicted octanol–water partition coefficient (Wildman–Crippen LogP) is 3.36. The summed E-state index contributed by atoms with van der Waals surface area (Å²) in [4.78, 5) is 42.0. The Balaban J connectivity index is 1.92. The predicted molar refractivity (Wildman–Crippen MR) is 151 cm³/mol. The number of hydrogen-bond donors (Lipinski definition) is 4. The lowest BCUT2D eigenvalue weighted by molar-refractivity contribution is -0.148. The summed E-state index contributed by atoms with van der Waals surface area (Å²) in [7, 11) is 0. The van der Waals surface area contributed by atoms with E-state index in [-0.39, 0.29) is 35.5 Å². The van der Waals surface area contributed by atoms with E-state index in [0.717, 1.165) is 5.56 Å². The van der Waals surface area contributed by atoms with Crippen molar-refractivity contribution in [3.05, 3.63) is 64.7 Å². The molecule has 0 aliphatic carbocycles. The molecule has 1 saturated heterocycles. The Labute approximate surface area is 231 Å². The van der Waals surface area contributed by atoms with Crippen LogP contribution in [0.2, 0.25) is 0 Å². The van der Waals surface area contributed by atoms with Gasteiger partial charge >= 0.3 is 0 Å². The zero-order valence-corrected chi connectivity index (χ0v) is 24.1. The van der Waals surface area contributed by atoms with E-state index in [2.05, 4.69) is 10.6 Å². The molecule has 1 aliphatic heterocycles. The zero-order chi connectivity index (χ0) is 29.1. The number of likely N-dealkylation sites (tertiary alicyclic amines) is 1. The molecular weight excluding hydrogens is 494 g/mol. The minimum absolute atomic E-state index is 0.0000724. The van der Waals surface area contributed by atoms with E-state index in [4.69, 9.17) is 0 Å². The largest absolute Gasteiger partial charge is 0.508 e. The molecule has 1 heterocycles. The Morgan fingerprint density at radius 1 is 1.10 bits per heavy atom. The number of phenolic OH excluding ortho intramolecular Hbond substituents is 1. The van der Waals surface area contributed by atoms with E-state index in [9.17, 15) is 24.6 Å². The lowest BCUT2D eigenvalue weighted by atomic mass is 9.77. The highest BCUT2D eigenvalue weighted by Gasteiger charge is 2.52. The molecular formula is C31H43N3O5. The van der Waals surface area contributed by atoms with Crippen LogP contribution >= 0.6 is 0 Å². The van der Waals surface area contributed by atoms with Crippen LogP contribution in [0.4, 0.5) is 0 Å². The van der Waals surface area contributed by atoms with Gasteiger partial charge in [0, 0.05) is 24.2 Å². The highest BCUT2D eigenvalue weighted by molar-refractivity contribution is 5.97. The number of benzene rings is 2. The van der Waals surface area contributed by atoms with E-state index in [1.54, 1.807) is 26.0 Å². The van der Waals surface area contributed by atoms with Gasteiger partial charge in [-0.05, 0) is 60.8 Å². The average Bonchev–Trinajstić information content (AvgIpc) is 3.12. The molecule has 3 amide bonds. The standard InChI is InChI=1S/C31H43N3O5/c1-18(2)16-32-29(38)27-31(6,7)20(4)17-34(27)30(39)26(36)24(15-22-11-9-8-10-12-22)33-28(37)23-13-19(3)14-25(35)21(23)5/h8-14,18,20,24,26-27,35-36H,15-17H2,1-7H3,(H,32,38)(H,33,37)/t20-,24-,26-,27?/m0/s1. The maximum atomic E-state index is 13.9. The van der Waals surface area contributed by atoms with Gasteiger partial charge in [-0.2, -0.15) is 0 Å².